The topological polar surface area (TPSA) is 175 Å². The molecule has 12 nitrogen and oxygen atoms in total. The van der Waals surface area contributed by atoms with Crippen LogP contribution in [0.25, 0.3) is 0 Å². The molecule has 0 saturated carbocycles. The molecule has 0 rings (SSSR count). The normalized spacial score (nSPS) is 14.0. The lowest BCUT2D eigenvalue weighted by Gasteiger charge is -2.21. The number of ether oxygens (including phenoxy) is 3. The third-order valence-corrected chi connectivity index (χ3v) is 4.41. The van der Waals surface area contributed by atoms with Crippen LogP contribution in [0.5, 0.6) is 0 Å². The molecule has 200 valence electrons. The second kappa shape index (κ2) is 17.3. The first-order chi connectivity index (χ1) is 16.3. The van der Waals surface area contributed by atoms with Crippen molar-refractivity contribution >= 4 is 36.1 Å². The van der Waals surface area contributed by atoms with Gasteiger partial charge in [-0.25, -0.2) is 9.59 Å². The fourth-order valence-corrected chi connectivity index (χ4v) is 2.62. The Hall–Kier alpha value is -3.18. The molecular formula is C23H40N4O8. The van der Waals surface area contributed by atoms with Crippen molar-refractivity contribution in [1.29, 1.82) is 0 Å². The molecule has 0 saturated heterocycles. The lowest BCUT2D eigenvalue weighted by atomic mass is 9.99. The second-order valence-corrected chi connectivity index (χ2v) is 8.90. The zero-order valence-corrected chi connectivity index (χ0v) is 21.5. The number of nitrogens with zero attached hydrogens (tertiary/aromatic N) is 1. The van der Waals surface area contributed by atoms with E-state index in [9.17, 15) is 24.0 Å². The average Bonchev–Trinajstić information content (AvgIpc) is 2.76. The van der Waals surface area contributed by atoms with E-state index in [1.807, 2.05) is 13.8 Å². The molecule has 12 heteroatoms. The van der Waals surface area contributed by atoms with E-state index >= 15 is 0 Å². The number of carbonyl (C=O) groups excluding carboxylic acids is 5. The Morgan fingerprint density at radius 3 is 2.20 bits per heavy atom. The predicted octanol–water partition coefficient (Wildman–Crippen LogP) is 1.74. The van der Waals surface area contributed by atoms with Gasteiger partial charge in [0.05, 0.1) is 24.6 Å². The third kappa shape index (κ3) is 16.1. The van der Waals surface area contributed by atoms with E-state index < -0.39 is 54.7 Å². The summed E-state index contributed by atoms with van der Waals surface area (Å²) in [6, 6.07) is -1.98. The first kappa shape index (κ1) is 31.8. The summed E-state index contributed by atoms with van der Waals surface area (Å²) in [7, 11) is 0. The monoisotopic (exact) mass is 500 g/mol. The molecule has 0 unspecified atom stereocenters. The molecule has 0 radical (unpaired) electrons. The Labute approximate surface area is 206 Å². The first-order valence-corrected chi connectivity index (χ1v) is 11.7. The van der Waals surface area contributed by atoms with Crippen LogP contribution in [0.15, 0.2) is 4.99 Å². The number of aldehydes is 1. The maximum Gasteiger partial charge on any atom is 0.508 e. The van der Waals surface area contributed by atoms with E-state index in [1.165, 1.54) is 6.92 Å². The van der Waals surface area contributed by atoms with Crippen LogP contribution in [0.1, 0.15) is 60.8 Å². The predicted molar refractivity (Wildman–Crippen MR) is 129 cm³/mol. The number of ketones is 1. The van der Waals surface area contributed by atoms with Crippen molar-refractivity contribution in [2.75, 3.05) is 19.8 Å². The molecule has 0 aromatic carbocycles. The van der Waals surface area contributed by atoms with Gasteiger partial charge in [-0.2, -0.15) is 0 Å². The molecule has 0 fully saturated rings. The molecule has 0 spiro atoms. The highest BCUT2D eigenvalue weighted by Gasteiger charge is 2.28. The van der Waals surface area contributed by atoms with E-state index in [-0.39, 0.29) is 18.9 Å². The second-order valence-electron chi connectivity index (χ2n) is 8.90. The maximum absolute atomic E-state index is 12.8. The van der Waals surface area contributed by atoms with Crippen molar-refractivity contribution < 1.29 is 38.2 Å². The number of amidine groups is 1. The molecule has 0 aliphatic heterocycles. The summed E-state index contributed by atoms with van der Waals surface area (Å²) in [5.41, 5.74) is 5.46. The number of alkyl carbamates (subject to hydrolysis) is 1. The van der Waals surface area contributed by atoms with Gasteiger partial charge in [-0.1, -0.05) is 20.8 Å². The zero-order chi connectivity index (χ0) is 27.0. The molecule has 35 heavy (non-hydrogen) atoms. The Bertz CT molecular complexity index is 735. The highest BCUT2D eigenvalue weighted by atomic mass is 16.7. The van der Waals surface area contributed by atoms with E-state index in [0.29, 0.717) is 31.5 Å². The van der Waals surface area contributed by atoms with Crippen LogP contribution in [0.4, 0.5) is 9.59 Å². The van der Waals surface area contributed by atoms with Crippen molar-refractivity contribution in [1.82, 2.24) is 10.6 Å². The van der Waals surface area contributed by atoms with Crippen LogP contribution < -0.4 is 16.4 Å². The van der Waals surface area contributed by atoms with Gasteiger partial charge in [0.2, 0.25) is 5.91 Å². The summed E-state index contributed by atoms with van der Waals surface area (Å²) in [5.74, 6) is -1.36. The van der Waals surface area contributed by atoms with Gasteiger partial charge in [-0.3, -0.25) is 14.6 Å². The number of hydrogen-bond acceptors (Lipinski definition) is 9. The molecule has 0 bridgehead atoms. The van der Waals surface area contributed by atoms with Gasteiger partial charge in [0, 0.05) is 18.9 Å². The Morgan fingerprint density at radius 2 is 1.66 bits per heavy atom. The summed E-state index contributed by atoms with van der Waals surface area (Å²) in [4.78, 5) is 64.4. The Kier molecular flexibility index (Phi) is 15.7. The first-order valence-electron chi connectivity index (χ1n) is 11.7. The quantitative estimate of drug-likeness (QED) is 0.0936. The lowest BCUT2D eigenvalue weighted by Crippen LogP contribution is -2.47. The number of rotatable bonds is 16. The van der Waals surface area contributed by atoms with E-state index in [4.69, 9.17) is 19.9 Å². The molecule has 4 N–H and O–H groups in total. The van der Waals surface area contributed by atoms with Crippen LogP contribution in [0.3, 0.4) is 0 Å². The van der Waals surface area contributed by atoms with E-state index in [0.717, 1.165) is 0 Å². The molecule has 0 aromatic rings. The number of nitrogens with two attached hydrogens (primary N) is 1. The van der Waals surface area contributed by atoms with E-state index in [2.05, 4.69) is 15.6 Å². The maximum atomic E-state index is 12.8. The number of aliphatic imine (C=N–C) groups is 1. The van der Waals surface area contributed by atoms with Crippen molar-refractivity contribution in [3.8, 4) is 0 Å². The number of Topliss-reactive ketones (excluding diaryl/α,β-unsaturated/α-hetero) is 1. The minimum absolute atomic E-state index is 0.0767. The summed E-state index contributed by atoms with van der Waals surface area (Å²) in [6.07, 6.45) is -1.03. The third-order valence-electron chi connectivity index (χ3n) is 4.41. The highest BCUT2D eigenvalue weighted by Crippen LogP contribution is 2.09. The Balaban J connectivity index is 5.01. The molecule has 0 aliphatic rings. The van der Waals surface area contributed by atoms with Crippen molar-refractivity contribution in [2.45, 2.75) is 79.0 Å². The molecule has 0 aliphatic carbocycles. The van der Waals surface area contributed by atoms with Crippen LogP contribution in [-0.4, -0.2) is 74.0 Å². The van der Waals surface area contributed by atoms with Gasteiger partial charge in [-0.15, -0.1) is 0 Å². The summed E-state index contributed by atoms with van der Waals surface area (Å²) in [5, 5.41) is 4.95. The number of nitrogens with one attached hydrogen (secondary N) is 2. The Morgan fingerprint density at radius 1 is 1.00 bits per heavy atom. The molecule has 3 atom stereocenters. The van der Waals surface area contributed by atoms with E-state index in [1.54, 1.807) is 20.8 Å². The van der Waals surface area contributed by atoms with Gasteiger partial charge in [-0.05, 0) is 39.5 Å². The fraction of sp³-hybridized carbons (Fsp3) is 0.739. The van der Waals surface area contributed by atoms with Crippen LogP contribution >= 0.6 is 0 Å². The van der Waals surface area contributed by atoms with Crippen molar-refractivity contribution in [2.24, 2.45) is 22.6 Å². The number of amides is 2. The largest absolute Gasteiger partial charge is 0.508 e. The minimum Gasteiger partial charge on any atom is -0.449 e. The van der Waals surface area contributed by atoms with Gasteiger partial charge < -0.3 is 35.4 Å². The van der Waals surface area contributed by atoms with Gasteiger partial charge in [0.15, 0.2) is 5.78 Å². The van der Waals surface area contributed by atoms with Crippen LogP contribution in [0.2, 0.25) is 0 Å². The smallest absolute Gasteiger partial charge is 0.449 e. The van der Waals surface area contributed by atoms with Crippen molar-refractivity contribution in [3.63, 3.8) is 0 Å². The average molecular weight is 501 g/mol. The van der Waals surface area contributed by atoms with Gasteiger partial charge in [0.25, 0.3) is 0 Å². The molecule has 0 aromatic heterocycles. The standard InChI is InChI=1S/C23H40N4O8/c1-14(2)12-33-22(31)27-19(13-34-23(32)35-15(3)4)20(29)10-16(5)21(30)26-18(11-28)8-7-9-25-17(6)24/h11,14-16,18-19H,7-10,12-13H2,1-6H3,(H2,24,25)(H,26,30)(H,27,31)/t16-,18+,19-/m1/s1. The lowest BCUT2D eigenvalue weighted by molar-refractivity contribution is -0.131. The van der Waals surface area contributed by atoms with Crippen molar-refractivity contribution in [3.05, 3.63) is 0 Å². The zero-order valence-electron chi connectivity index (χ0n) is 21.5. The van der Waals surface area contributed by atoms with Gasteiger partial charge >= 0.3 is 12.2 Å². The van der Waals surface area contributed by atoms with Crippen LogP contribution in [-0.2, 0) is 28.6 Å². The summed E-state index contributed by atoms with van der Waals surface area (Å²) in [6.45, 7) is 10.2. The molecule has 0 heterocycles. The number of carbonyl (C=O) groups is 5. The highest BCUT2D eigenvalue weighted by molar-refractivity contribution is 5.92. The molecular weight excluding hydrogens is 460 g/mol. The molecule has 2 amide bonds. The summed E-state index contributed by atoms with van der Waals surface area (Å²) >= 11 is 0. The fourth-order valence-electron chi connectivity index (χ4n) is 2.62. The SMILES string of the molecule is CC(N)=NCCC[C@@H](C=O)NC(=O)[C@H](C)CC(=O)[C@@H](COC(=O)OC(C)C)NC(=O)OCC(C)C. The van der Waals surface area contributed by atoms with Crippen LogP contribution in [0, 0.1) is 11.8 Å². The van der Waals surface area contributed by atoms with Gasteiger partial charge in [0.1, 0.15) is 18.9 Å². The number of hydrogen-bond donors (Lipinski definition) is 3. The summed E-state index contributed by atoms with van der Waals surface area (Å²) < 4.78 is 14.8. The minimum atomic E-state index is -1.25.